The highest BCUT2D eigenvalue weighted by Gasteiger charge is 2.14. The molecule has 2 aromatic carbocycles. The summed E-state index contributed by atoms with van der Waals surface area (Å²) in [6, 6.07) is 22.6. The Morgan fingerprint density at radius 3 is 2.77 bits per heavy atom. The van der Waals surface area contributed by atoms with Gasteiger partial charge in [0.1, 0.15) is 5.75 Å². The lowest BCUT2D eigenvalue weighted by atomic mass is 10.0. The van der Waals surface area contributed by atoms with Crippen molar-refractivity contribution in [3.63, 3.8) is 0 Å². The summed E-state index contributed by atoms with van der Waals surface area (Å²) in [4.78, 5) is 21.9. The summed E-state index contributed by atoms with van der Waals surface area (Å²) in [7, 11) is 0. The summed E-state index contributed by atoms with van der Waals surface area (Å²) in [5.74, 6) is 0.464. The van der Waals surface area contributed by atoms with Gasteiger partial charge in [0.05, 0.1) is 35.3 Å². The maximum atomic E-state index is 12.9. The van der Waals surface area contributed by atoms with Gasteiger partial charge in [-0.05, 0) is 42.8 Å². The molecule has 1 amide bonds. The van der Waals surface area contributed by atoms with Crippen LogP contribution >= 0.6 is 0 Å². The number of benzene rings is 2. The van der Waals surface area contributed by atoms with Crippen molar-refractivity contribution in [3.8, 4) is 17.0 Å². The first kappa shape index (κ1) is 20.2. The van der Waals surface area contributed by atoms with Crippen LogP contribution in [0.1, 0.15) is 29.4 Å². The monoisotopic (exact) mass is 410 g/mol. The highest BCUT2D eigenvalue weighted by molar-refractivity contribution is 6.07. The van der Waals surface area contributed by atoms with E-state index in [1.54, 1.807) is 12.3 Å². The molecule has 0 saturated heterocycles. The van der Waals surface area contributed by atoms with Crippen LogP contribution in [-0.2, 0) is 0 Å². The van der Waals surface area contributed by atoms with E-state index in [1.807, 2.05) is 66.7 Å². The third-order valence-corrected chi connectivity index (χ3v) is 4.61. The first-order chi connectivity index (χ1) is 15.2. The topological polar surface area (TPSA) is 76.5 Å². The third kappa shape index (κ3) is 4.93. The Kier molecular flexibility index (Phi) is 6.28. The second-order valence-corrected chi connectivity index (χ2v) is 6.90. The fourth-order valence-corrected chi connectivity index (χ4v) is 3.15. The lowest BCUT2D eigenvalue weighted by Crippen LogP contribution is -2.18. The fourth-order valence-electron chi connectivity index (χ4n) is 3.15. The van der Waals surface area contributed by atoms with Gasteiger partial charge >= 0.3 is 0 Å². The van der Waals surface area contributed by atoms with Crippen molar-refractivity contribution in [1.29, 1.82) is 0 Å². The molecule has 0 unspecified atom stereocenters. The van der Waals surface area contributed by atoms with E-state index in [1.165, 1.54) is 6.21 Å². The molecule has 0 aliphatic heterocycles. The smallest absolute Gasteiger partial charge is 0.272 e. The molecule has 31 heavy (non-hydrogen) atoms. The van der Waals surface area contributed by atoms with E-state index in [4.69, 9.17) is 9.72 Å². The number of fused-ring (bicyclic) bond motifs is 1. The van der Waals surface area contributed by atoms with Gasteiger partial charge in [0.15, 0.2) is 0 Å². The third-order valence-electron chi connectivity index (χ3n) is 4.61. The molecule has 0 fully saturated rings. The average molecular weight is 410 g/mol. The van der Waals surface area contributed by atoms with Crippen molar-refractivity contribution < 1.29 is 9.53 Å². The van der Waals surface area contributed by atoms with E-state index in [9.17, 15) is 4.79 Å². The van der Waals surface area contributed by atoms with E-state index in [0.717, 1.165) is 28.6 Å². The maximum Gasteiger partial charge on any atom is 0.272 e. The van der Waals surface area contributed by atoms with E-state index in [-0.39, 0.29) is 5.91 Å². The summed E-state index contributed by atoms with van der Waals surface area (Å²) in [6.45, 7) is 2.71. The molecule has 2 aromatic heterocycles. The number of hydrogen-bond acceptors (Lipinski definition) is 5. The zero-order valence-corrected chi connectivity index (χ0v) is 17.2. The van der Waals surface area contributed by atoms with Gasteiger partial charge in [-0.1, -0.05) is 43.3 Å². The number of carbonyl (C=O) groups is 1. The molecule has 0 aliphatic carbocycles. The van der Waals surface area contributed by atoms with E-state index >= 15 is 0 Å². The lowest BCUT2D eigenvalue weighted by Gasteiger charge is -2.10. The van der Waals surface area contributed by atoms with Gasteiger partial charge in [0.25, 0.3) is 5.91 Å². The summed E-state index contributed by atoms with van der Waals surface area (Å²) in [6.07, 6.45) is 4.11. The van der Waals surface area contributed by atoms with E-state index in [2.05, 4.69) is 22.4 Å². The molecule has 6 heteroatoms. The number of rotatable bonds is 7. The van der Waals surface area contributed by atoms with Gasteiger partial charge in [0, 0.05) is 17.1 Å². The van der Waals surface area contributed by atoms with Crippen LogP contribution in [0.5, 0.6) is 5.75 Å². The second-order valence-electron chi connectivity index (χ2n) is 6.90. The number of carbonyl (C=O) groups excluding carboxylic acids is 1. The van der Waals surface area contributed by atoms with Crippen LogP contribution in [0.15, 0.2) is 84.1 Å². The molecular weight excluding hydrogens is 388 g/mol. The molecular formula is C25H22N4O2. The van der Waals surface area contributed by atoms with Crippen LogP contribution in [0, 0.1) is 0 Å². The quantitative estimate of drug-likeness (QED) is 0.349. The molecule has 1 N–H and O–H groups in total. The van der Waals surface area contributed by atoms with Crippen LogP contribution in [0.25, 0.3) is 22.2 Å². The number of aromatic nitrogens is 2. The zero-order valence-electron chi connectivity index (χ0n) is 17.2. The number of ether oxygens (including phenoxy) is 1. The molecule has 154 valence electrons. The van der Waals surface area contributed by atoms with Gasteiger partial charge in [-0.2, -0.15) is 5.10 Å². The van der Waals surface area contributed by atoms with Crippen LogP contribution in [-0.4, -0.2) is 28.7 Å². The van der Waals surface area contributed by atoms with Crippen molar-refractivity contribution in [2.45, 2.75) is 13.3 Å². The van der Waals surface area contributed by atoms with Gasteiger partial charge < -0.3 is 4.74 Å². The molecule has 0 radical (unpaired) electrons. The highest BCUT2D eigenvalue weighted by Crippen LogP contribution is 2.27. The highest BCUT2D eigenvalue weighted by atomic mass is 16.5. The molecule has 0 aliphatic rings. The van der Waals surface area contributed by atoms with Crippen molar-refractivity contribution in [3.05, 3.63) is 90.3 Å². The van der Waals surface area contributed by atoms with Gasteiger partial charge in [-0.15, -0.1) is 0 Å². The van der Waals surface area contributed by atoms with Crippen molar-refractivity contribution in [2.24, 2.45) is 5.10 Å². The minimum atomic E-state index is -0.314. The number of hydrogen-bond donors (Lipinski definition) is 1. The lowest BCUT2D eigenvalue weighted by molar-refractivity contribution is 0.0956. The van der Waals surface area contributed by atoms with Crippen LogP contribution in [0.2, 0.25) is 0 Å². The Morgan fingerprint density at radius 2 is 1.94 bits per heavy atom. The van der Waals surface area contributed by atoms with Crippen molar-refractivity contribution in [1.82, 2.24) is 15.4 Å². The number of amides is 1. The Hall–Kier alpha value is -4.06. The summed E-state index contributed by atoms with van der Waals surface area (Å²) < 4.78 is 5.75. The van der Waals surface area contributed by atoms with E-state index in [0.29, 0.717) is 23.6 Å². The number of para-hydroxylation sites is 1. The average Bonchev–Trinajstić information content (AvgIpc) is 2.83. The predicted molar refractivity (Wildman–Crippen MR) is 122 cm³/mol. The summed E-state index contributed by atoms with van der Waals surface area (Å²) in [5, 5.41) is 4.81. The van der Waals surface area contributed by atoms with Crippen LogP contribution in [0.3, 0.4) is 0 Å². The minimum absolute atomic E-state index is 0.314. The normalized spacial score (nSPS) is 11.0. The molecule has 4 rings (SSSR count). The Balaban J connectivity index is 1.67. The molecule has 0 spiro atoms. The molecule has 0 saturated carbocycles. The van der Waals surface area contributed by atoms with Gasteiger partial charge in [-0.3, -0.25) is 9.78 Å². The largest absolute Gasteiger partial charge is 0.494 e. The predicted octanol–water partition coefficient (Wildman–Crippen LogP) is 4.85. The Bertz CT molecular complexity index is 1220. The first-order valence-electron chi connectivity index (χ1n) is 10.1. The first-order valence-corrected chi connectivity index (χ1v) is 10.1. The maximum absolute atomic E-state index is 12.9. The van der Waals surface area contributed by atoms with Crippen LogP contribution in [0.4, 0.5) is 0 Å². The summed E-state index contributed by atoms with van der Waals surface area (Å²) in [5.41, 5.74) is 6.06. The van der Waals surface area contributed by atoms with Gasteiger partial charge in [0.2, 0.25) is 0 Å². The minimum Gasteiger partial charge on any atom is -0.494 e. The summed E-state index contributed by atoms with van der Waals surface area (Å²) >= 11 is 0. The number of pyridine rings is 2. The molecule has 4 aromatic rings. The Morgan fingerprint density at radius 1 is 1.06 bits per heavy atom. The molecule has 6 nitrogen and oxygen atoms in total. The second kappa shape index (κ2) is 9.63. The standard InChI is InChI=1S/C25H22N4O2/c1-2-14-31-20-10-7-8-18(15-20)24-16-22(21-11-3-4-12-23(21)28-24)25(30)29-27-17-19-9-5-6-13-26-19/h3-13,15-17H,2,14H2,1H3,(H,29,30)/b27-17-. The Labute approximate surface area is 180 Å². The van der Waals surface area contributed by atoms with Crippen molar-refractivity contribution in [2.75, 3.05) is 6.61 Å². The number of nitrogens with one attached hydrogen (secondary N) is 1. The number of hydrazone groups is 1. The molecule has 0 atom stereocenters. The SMILES string of the molecule is CCCOc1cccc(-c2cc(C(=O)N/N=C\c3ccccn3)c3ccccc3n2)c1. The zero-order chi connectivity index (χ0) is 21.5. The van der Waals surface area contributed by atoms with E-state index < -0.39 is 0 Å². The van der Waals surface area contributed by atoms with Crippen LogP contribution < -0.4 is 10.2 Å². The fraction of sp³-hybridized carbons (Fsp3) is 0.120. The molecule has 0 bridgehead atoms. The number of nitrogens with zero attached hydrogens (tertiary/aromatic N) is 3. The van der Waals surface area contributed by atoms with Gasteiger partial charge in [-0.25, -0.2) is 10.4 Å². The van der Waals surface area contributed by atoms with Crippen molar-refractivity contribution >= 4 is 23.0 Å². The molecule has 2 heterocycles.